The Labute approximate surface area is 127 Å². The zero-order valence-corrected chi connectivity index (χ0v) is 13.3. The van der Waals surface area contributed by atoms with Gasteiger partial charge in [-0.25, -0.2) is 9.71 Å². The quantitative estimate of drug-likeness (QED) is 0.618. The molecule has 11 heteroatoms. The third-order valence-electron chi connectivity index (χ3n) is 2.77. The standard InChI is InChI=1S/C10H17N7O2S2/c1-7-8(14-6-13-7)5-20-4-3-12-10-16-21(18,19)15-9(11)17(10)2/h6H,3-5H2,1-2H3,(H2,11,15)(H,12,16)(H,13,14). The number of aryl methyl sites for hydroxylation is 1. The number of hydrogen-bond acceptors (Lipinski definition) is 6. The van der Waals surface area contributed by atoms with E-state index in [4.69, 9.17) is 5.73 Å². The summed E-state index contributed by atoms with van der Waals surface area (Å²) in [4.78, 5) is 12.8. The Hall–Kier alpha value is -1.75. The largest absolute Gasteiger partial charge is 0.368 e. The summed E-state index contributed by atoms with van der Waals surface area (Å²) in [6.07, 6.45) is 1.67. The highest BCUT2D eigenvalue weighted by Crippen LogP contribution is 2.12. The molecule has 0 fully saturated rings. The summed E-state index contributed by atoms with van der Waals surface area (Å²) in [5, 5.41) is 0. The molecule has 0 spiro atoms. The summed E-state index contributed by atoms with van der Waals surface area (Å²) < 4.78 is 28.3. The van der Waals surface area contributed by atoms with Gasteiger partial charge in [-0.1, -0.05) is 0 Å². The van der Waals surface area contributed by atoms with E-state index in [-0.39, 0.29) is 11.9 Å². The van der Waals surface area contributed by atoms with Gasteiger partial charge < -0.3 is 10.7 Å². The van der Waals surface area contributed by atoms with Crippen LogP contribution in [0, 0.1) is 6.92 Å². The van der Waals surface area contributed by atoms with E-state index in [0.717, 1.165) is 22.9 Å². The lowest BCUT2D eigenvalue weighted by Gasteiger charge is -2.24. The maximum Gasteiger partial charge on any atom is 0.347 e. The Morgan fingerprint density at radius 1 is 1.52 bits per heavy atom. The second-order valence-electron chi connectivity index (χ2n) is 4.32. The van der Waals surface area contributed by atoms with E-state index in [0.29, 0.717) is 6.54 Å². The monoisotopic (exact) mass is 331 g/mol. The number of imidazole rings is 1. The Kier molecular flexibility index (Phi) is 4.73. The van der Waals surface area contributed by atoms with E-state index in [1.807, 2.05) is 6.92 Å². The summed E-state index contributed by atoms with van der Waals surface area (Å²) in [6, 6.07) is 0. The maximum atomic E-state index is 11.4. The summed E-state index contributed by atoms with van der Waals surface area (Å²) in [5.41, 5.74) is 7.58. The highest BCUT2D eigenvalue weighted by molar-refractivity contribution is 7.98. The van der Waals surface area contributed by atoms with Crippen molar-refractivity contribution in [2.24, 2.45) is 15.1 Å². The second-order valence-corrected chi connectivity index (χ2v) is 6.76. The lowest BCUT2D eigenvalue weighted by atomic mass is 10.4. The Morgan fingerprint density at radius 2 is 2.29 bits per heavy atom. The number of nitrogens with one attached hydrogen (secondary N) is 2. The van der Waals surface area contributed by atoms with E-state index in [2.05, 4.69) is 24.1 Å². The maximum absolute atomic E-state index is 11.4. The molecule has 0 bridgehead atoms. The molecule has 0 aliphatic carbocycles. The number of nitrogens with two attached hydrogens (primary N) is 1. The Morgan fingerprint density at radius 3 is 2.95 bits per heavy atom. The van der Waals surface area contributed by atoms with Crippen LogP contribution in [-0.2, 0) is 16.0 Å². The van der Waals surface area contributed by atoms with Crippen molar-refractivity contribution >= 4 is 33.9 Å². The van der Waals surface area contributed by atoms with Gasteiger partial charge in [-0.05, 0) is 6.92 Å². The average Bonchev–Trinajstić information content (AvgIpc) is 2.80. The molecule has 4 N–H and O–H groups in total. The average molecular weight is 331 g/mol. The van der Waals surface area contributed by atoms with Crippen molar-refractivity contribution in [3.63, 3.8) is 0 Å². The molecule has 1 aromatic rings. The Balaban J connectivity index is 1.84. The topological polar surface area (TPSA) is 129 Å². The highest BCUT2D eigenvalue weighted by atomic mass is 32.2. The van der Waals surface area contributed by atoms with Crippen LogP contribution in [0.2, 0.25) is 0 Å². The number of aliphatic imine (C=N–C) groups is 1. The van der Waals surface area contributed by atoms with Crippen molar-refractivity contribution in [3.05, 3.63) is 17.7 Å². The minimum Gasteiger partial charge on any atom is -0.368 e. The van der Waals surface area contributed by atoms with Gasteiger partial charge in [0.1, 0.15) is 0 Å². The molecule has 1 aromatic heterocycles. The number of thioether (sulfide) groups is 1. The molecule has 0 saturated heterocycles. The van der Waals surface area contributed by atoms with Crippen LogP contribution < -0.4 is 10.5 Å². The molecule has 0 radical (unpaired) electrons. The van der Waals surface area contributed by atoms with Gasteiger partial charge in [0.15, 0.2) is 0 Å². The number of hydrogen-bond donors (Lipinski definition) is 3. The van der Waals surface area contributed by atoms with Crippen LogP contribution in [0.1, 0.15) is 11.4 Å². The number of aromatic nitrogens is 2. The molecule has 1 aliphatic rings. The van der Waals surface area contributed by atoms with Crippen LogP contribution >= 0.6 is 11.8 Å². The van der Waals surface area contributed by atoms with Crippen molar-refractivity contribution in [1.82, 2.24) is 19.6 Å². The second kappa shape index (κ2) is 6.35. The molecule has 9 nitrogen and oxygen atoms in total. The smallest absolute Gasteiger partial charge is 0.347 e. The predicted octanol–water partition coefficient (Wildman–Crippen LogP) is -0.598. The van der Waals surface area contributed by atoms with Gasteiger partial charge in [0.25, 0.3) is 0 Å². The van der Waals surface area contributed by atoms with Gasteiger partial charge in [-0.2, -0.15) is 20.2 Å². The molecule has 2 rings (SSSR count). The molecular formula is C10H17N7O2S2. The number of rotatable bonds is 5. The van der Waals surface area contributed by atoms with Gasteiger partial charge in [-0.3, -0.25) is 9.89 Å². The number of guanidine groups is 2. The van der Waals surface area contributed by atoms with Crippen molar-refractivity contribution in [2.75, 3.05) is 19.3 Å². The van der Waals surface area contributed by atoms with Crippen molar-refractivity contribution in [3.8, 4) is 0 Å². The molecule has 1 aliphatic heterocycles. The number of nitrogens with zero attached hydrogens (tertiary/aromatic N) is 4. The minimum absolute atomic E-state index is 0.104. The number of H-pyrrole nitrogens is 1. The molecule has 21 heavy (non-hydrogen) atoms. The molecule has 0 saturated carbocycles. The van der Waals surface area contributed by atoms with E-state index in [1.165, 1.54) is 4.90 Å². The zero-order chi connectivity index (χ0) is 15.5. The fraction of sp³-hybridized carbons (Fsp3) is 0.500. The van der Waals surface area contributed by atoms with Crippen LogP contribution in [-0.4, -0.2) is 54.6 Å². The van der Waals surface area contributed by atoms with Gasteiger partial charge in [0, 0.05) is 24.2 Å². The van der Waals surface area contributed by atoms with E-state index < -0.39 is 10.2 Å². The third kappa shape index (κ3) is 4.11. The zero-order valence-electron chi connectivity index (χ0n) is 11.7. The SMILES string of the molecule is Cc1[nH]cnc1CSCCN=C1NS(=O)(=O)N=C(N)N1C. The predicted molar refractivity (Wildman–Crippen MR) is 83.2 cm³/mol. The van der Waals surface area contributed by atoms with Crippen LogP contribution in [0.4, 0.5) is 0 Å². The first-order valence-corrected chi connectivity index (χ1v) is 8.71. The molecule has 2 heterocycles. The van der Waals surface area contributed by atoms with Gasteiger partial charge >= 0.3 is 10.2 Å². The highest BCUT2D eigenvalue weighted by Gasteiger charge is 2.24. The lowest BCUT2D eigenvalue weighted by molar-refractivity contribution is 0.582. The summed E-state index contributed by atoms with van der Waals surface area (Å²) in [6.45, 7) is 2.43. The Bertz CT molecular complexity index is 665. The molecule has 0 unspecified atom stereocenters. The van der Waals surface area contributed by atoms with Crippen LogP contribution in [0.15, 0.2) is 15.7 Å². The molecular weight excluding hydrogens is 314 g/mol. The minimum atomic E-state index is -3.78. The summed E-state index contributed by atoms with van der Waals surface area (Å²) in [7, 11) is -2.18. The first-order chi connectivity index (χ1) is 9.89. The number of aromatic amines is 1. The molecule has 0 amide bonds. The first kappa shape index (κ1) is 15.6. The van der Waals surface area contributed by atoms with Crippen LogP contribution in [0.25, 0.3) is 0 Å². The summed E-state index contributed by atoms with van der Waals surface area (Å²) >= 11 is 1.67. The molecule has 0 aromatic carbocycles. The van der Waals surface area contributed by atoms with Crippen molar-refractivity contribution < 1.29 is 8.42 Å². The van der Waals surface area contributed by atoms with Crippen LogP contribution in [0.3, 0.4) is 0 Å². The van der Waals surface area contributed by atoms with E-state index in [9.17, 15) is 8.42 Å². The molecule has 116 valence electrons. The van der Waals surface area contributed by atoms with Gasteiger partial charge in [0.05, 0.1) is 18.6 Å². The van der Waals surface area contributed by atoms with Gasteiger partial charge in [-0.15, -0.1) is 4.40 Å². The van der Waals surface area contributed by atoms with Crippen molar-refractivity contribution in [2.45, 2.75) is 12.7 Å². The van der Waals surface area contributed by atoms with E-state index in [1.54, 1.807) is 25.1 Å². The lowest BCUT2D eigenvalue weighted by Crippen LogP contribution is -2.52. The van der Waals surface area contributed by atoms with E-state index >= 15 is 0 Å². The third-order valence-corrected chi connectivity index (χ3v) is 4.58. The fourth-order valence-corrected chi connectivity index (χ4v) is 3.25. The summed E-state index contributed by atoms with van der Waals surface area (Å²) in [5.74, 6) is 1.60. The fourth-order valence-electron chi connectivity index (χ4n) is 1.56. The first-order valence-electron chi connectivity index (χ1n) is 6.12. The molecule has 0 atom stereocenters. The van der Waals surface area contributed by atoms with Crippen LogP contribution in [0.5, 0.6) is 0 Å². The van der Waals surface area contributed by atoms with Crippen molar-refractivity contribution in [1.29, 1.82) is 0 Å². The normalized spacial score (nSPS) is 19.4. The van der Waals surface area contributed by atoms with Gasteiger partial charge in [0.2, 0.25) is 11.9 Å².